The molecule has 3 aliphatic rings. The molecule has 6 nitrogen and oxygen atoms in total. The number of aromatic amines is 1. The van der Waals surface area contributed by atoms with Gasteiger partial charge in [-0.1, -0.05) is 6.42 Å². The minimum absolute atomic E-state index is 0.0426. The summed E-state index contributed by atoms with van der Waals surface area (Å²) in [6, 6.07) is 1.77. The Morgan fingerprint density at radius 2 is 2.04 bits per heavy atom. The summed E-state index contributed by atoms with van der Waals surface area (Å²) in [4.78, 5) is 29.0. The molecular weight excluding hydrogens is 330 g/mol. The predicted molar refractivity (Wildman–Crippen MR) is 97.7 cm³/mol. The highest BCUT2D eigenvalue weighted by Crippen LogP contribution is 2.48. The molecule has 2 heterocycles. The minimum atomic E-state index is -0.150. The van der Waals surface area contributed by atoms with Crippen molar-refractivity contribution in [1.82, 2.24) is 15.2 Å². The average Bonchev–Trinajstić information content (AvgIpc) is 3.42. The number of fused-ring (bicyclic) bond motifs is 2. The molecule has 2 saturated carbocycles. The molecule has 0 aromatic carbocycles. The fraction of sp³-hybridized carbons (Fsp3) is 0.700. The number of aromatic nitrogens is 1. The first-order valence-corrected chi connectivity index (χ1v) is 10.0. The molecular formula is C20H29N3O3. The Hall–Kier alpha value is -1.98. The highest BCUT2D eigenvalue weighted by Gasteiger charge is 2.40. The van der Waals surface area contributed by atoms with E-state index >= 15 is 0 Å². The number of hydrogen-bond acceptors (Lipinski definition) is 3. The molecule has 1 aromatic heterocycles. The topological polar surface area (TPSA) is 74.4 Å². The van der Waals surface area contributed by atoms with Crippen LogP contribution in [0, 0.1) is 23.7 Å². The first-order chi connectivity index (χ1) is 12.7. The molecule has 1 aromatic rings. The zero-order valence-electron chi connectivity index (χ0n) is 15.3. The highest BCUT2D eigenvalue weighted by atomic mass is 16.6. The molecule has 2 bridgehead atoms. The van der Waals surface area contributed by atoms with E-state index in [0.29, 0.717) is 30.6 Å². The van der Waals surface area contributed by atoms with Gasteiger partial charge in [0.15, 0.2) is 0 Å². The number of hydrogen-bond donors (Lipinski definition) is 2. The summed E-state index contributed by atoms with van der Waals surface area (Å²) < 4.78 is 5.61. The molecule has 1 saturated heterocycles. The van der Waals surface area contributed by atoms with Gasteiger partial charge in [-0.25, -0.2) is 4.79 Å². The third-order valence-electron chi connectivity index (χ3n) is 6.59. The van der Waals surface area contributed by atoms with Crippen molar-refractivity contribution in [3.05, 3.63) is 24.0 Å². The summed E-state index contributed by atoms with van der Waals surface area (Å²) in [5.74, 6) is 2.66. The number of piperidine rings is 1. The van der Waals surface area contributed by atoms with E-state index in [1.165, 1.54) is 25.7 Å². The highest BCUT2D eigenvalue weighted by molar-refractivity contribution is 5.93. The van der Waals surface area contributed by atoms with Crippen molar-refractivity contribution in [2.45, 2.75) is 38.5 Å². The molecule has 1 aliphatic heterocycles. The molecule has 0 spiro atoms. The smallest absolute Gasteiger partial charge is 0.409 e. The van der Waals surface area contributed by atoms with E-state index in [4.69, 9.17) is 4.74 Å². The Balaban J connectivity index is 1.14. The maximum absolute atomic E-state index is 12.3. The van der Waals surface area contributed by atoms with Crippen LogP contribution < -0.4 is 5.32 Å². The van der Waals surface area contributed by atoms with Crippen LogP contribution in [-0.2, 0) is 4.74 Å². The quantitative estimate of drug-likeness (QED) is 0.849. The second-order valence-electron chi connectivity index (χ2n) is 8.25. The zero-order valence-corrected chi connectivity index (χ0v) is 15.3. The predicted octanol–water partition coefficient (Wildman–Crippen LogP) is 3.03. The first-order valence-electron chi connectivity index (χ1n) is 10.0. The number of nitrogens with zero attached hydrogens (tertiary/aromatic N) is 1. The molecule has 2 amide bonds. The summed E-state index contributed by atoms with van der Waals surface area (Å²) in [5, 5.41) is 2.98. The molecule has 3 atom stereocenters. The molecule has 6 heteroatoms. The van der Waals surface area contributed by atoms with Gasteiger partial charge >= 0.3 is 6.09 Å². The number of ether oxygens (including phenoxy) is 1. The van der Waals surface area contributed by atoms with Crippen LogP contribution in [0.5, 0.6) is 0 Å². The van der Waals surface area contributed by atoms with Gasteiger partial charge in [-0.15, -0.1) is 0 Å². The lowest BCUT2D eigenvalue weighted by atomic mass is 9.90. The van der Waals surface area contributed by atoms with Gasteiger partial charge in [-0.05, 0) is 61.8 Å². The van der Waals surface area contributed by atoms with Gasteiger partial charge in [0.2, 0.25) is 0 Å². The minimum Gasteiger partial charge on any atom is -0.449 e. The van der Waals surface area contributed by atoms with Crippen molar-refractivity contribution in [1.29, 1.82) is 0 Å². The van der Waals surface area contributed by atoms with Crippen molar-refractivity contribution in [2.75, 3.05) is 26.2 Å². The fourth-order valence-electron chi connectivity index (χ4n) is 4.97. The SMILES string of the molecule is O=C(NCC1CCN(C(=O)OCC2C[C@H]3CC[C@H]2C3)CC1)c1cc[nH]c1. The van der Waals surface area contributed by atoms with Gasteiger partial charge in [0, 0.05) is 32.0 Å². The second kappa shape index (κ2) is 7.72. The van der Waals surface area contributed by atoms with Crippen LogP contribution in [0.1, 0.15) is 48.9 Å². The van der Waals surface area contributed by atoms with E-state index in [1.807, 2.05) is 4.90 Å². The fourth-order valence-corrected chi connectivity index (χ4v) is 4.97. The molecule has 142 valence electrons. The van der Waals surface area contributed by atoms with Crippen LogP contribution >= 0.6 is 0 Å². The standard InChI is InChI=1S/C20H29N3O3/c24-19(17-3-6-21-12-17)22-11-14-4-7-23(8-5-14)20(25)26-13-18-10-15-1-2-16(18)9-15/h3,6,12,14-16,18,21H,1-2,4-5,7-11,13H2,(H,22,24)/t15-,16-,18?/m0/s1. The normalized spacial score (nSPS) is 28.3. The van der Waals surface area contributed by atoms with Crippen LogP contribution in [0.4, 0.5) is 4.79 Å². The Labute approximate surface area is 154 Å². The summed E-state index contributed by atoms with van der Waals surface area (Å²) in [6.07, 6.45) is 10.4. The Morgan fingerprint density at radius 3 is 2.69 bits per heavy atom. The van der Waals surface area contributed by atoms with Crippen molar-refractivity contribution in [2.24, 2.45) is 23.7 Å². The number of amides is 2. The lowest BCUT2D eigenvalue weighted by Crippen LogP contribution is -2.42. The summed E-state index contributed by atoms with van der Waals surface area (Å²) in [7, 11) is 0. The average molecular weight is 359 g/mol. The van der Waals surface area contributed by atoms with E-state index in [2.05, 4.69) is 10.3 Å². The van der Waals surface area contributed by atoms with E-state index in [0.717, 1.165) is 37.8 Å². The summed E-state index contributed by atoms with van der Waals surface area (Å²) in [6.45, 7) is 2.71. The van der Waals surface area contributed by atoms with Crippen LogP contribution in [0.2, 0.25) is 0 Å². The number of rotatable bonds is 5. The van der Waals surface area contributed by atoms with Crippen molar-refractivity contribution >= 4 is 12.0 Å². The molecule has 4 rings (SSSR count). The Bertz CT molecular complexity index is 622. The number of nitrogens with one attached hydrogen (secondary N) is 2. The maximum atomic E-state index is 12.3. The maximum Gasteiger partial charge on any atom is 0.409 e. The number of carbonyl (C=O) groups excluding carboxylic acids is 2. The van der Waals surface area contributed by atoms with Gasteiger partial charge in [-0.2, -0.15) is 0 Å². The molecule has 1 unspecified atom stereocenters. The number of likely N-dealkylation sites (tertiary alicyclic amines) is 1. The largest absolute Gasteiger partial charge is 0.449 e. The number of carbonyl (C=O) groups is 2. The van der Waals surface area contributed by atoms with E-state index in [9.17, 15) is 9.59 Å². The first kappa shape index (κ1) is 17.4. The van der Waals surface area contributed by atoms with Crippen molar-refractivity contribution < 1.29 is 14.3 Å². The Morgan fingerprint density at radius 1 is 1.19 bits per heavy atom. The van der Waals surface area contributed by atoms with Crippen LogP contribution in [0.25, 0.3) is 0 Å². The third kappa shape index (κ3) is 3.89. The summed E-state index contributed by atoms with van der Waals surface area (Å²) >= 11 is 0. The van der Waals surface area contributed by atoms with Crippen LogP contribution in [0.3, 0.4) is 0 Å². The zero-order chi connectivity index (χ0) is 17.9. The Kier molecular flexibility index (Phi) is 5.18. The van der Waals surface area contributed by atoms with E-state index < -0.39 is 0 Å². The van der Waals surface area contributed by atoms with Gasteiger partial charge in [0.1, 0.15) is 0 Å². The third-order valence-corrected chi connectivity index (χ3v) is 6.59. The molecule has 0 radical (unpaired) electrons. The van der Waals surface area contributed by atoms with Crippen molar-refractivity contribution in [3.8, 4) is 0 Å². The molecule has 2 aliphatic carbocycles. The second-order valence-corrected chi connectivity index (χ2v) is 8.25. The number of H-pyrrole nitrogens is 1. The van der Waals surface area contributed by atoms with Crippen LogP contribution in [0.15, 0.2) is 18.5 Å². The van der Waals surface area contributed by atoms with Gasteiger partial charge < -0.3 is 19.9 Å². The van der Waals surface area contributed by atoms with E-state index in [-0.39, 0.29) is 12.0 Å². The molecule has 3 fully saturated rings. The van der Waals surface area contributed by atoms with Gasteiger partial charge in [-0.3, -0.25) is 4.79 Å². The summed E-state index contributed by atoms with van der Waals surface area (Å²) in [5.41, 5.74) is 0.659. The van der Waals surface area contributed by atoms with Gasteiger partial charge in [0.05, 0.1) is 12.2 Å². The van der Waals surface area contributed by atoms with Gasteiger partial charge in [0.25, 0.3) is 5.91 Å². The monoisotopic (exact) mass is 359 g/mol. The van der Waals surface area contributed by atoms with Crippen LogP contribution in [-0.4, -0.2) is 48.1 Å². The lowest BCUT2D eigenvalue weighted by Gasteiger charge is -2.32. The molecule has 26 heavy (non-hydrogen) atoms. The lowest BCUT2D eigenvalue weighted by molar-refractivity contribution is 0.0655. The van der Waals surface area contributed by atoms with Crippen molar-refractivity contribution in [3.63, 3.8) is 0 Å². The molecule has 2 N–H and O–H groups in total. The van der Waals surface area contributed by atoms with E-state index in [1.54, 1.807) is 18.5 Å².